The topological polar surface area (TPSA) is 39.1 Å². The second-order valence-electron chi connectivity index (χ2n) is 3.41. The van der Waals surface area contributed by atoms with Crippen molar-refractivity contribution in [3.8, 4) is 5.75 Å². The van der Waals surface area contributed by atoms with E-state index < -0.39 is 0 Å². The number of hydrogen-bond donors (Lipinski definition) is 1. The quantitative estimate of drug-likeness (QED) is 0.545. The Morgan fingerprint density at radius 3 is 3.13 bits per heavy atom. The molecular formula is C11H19N3O. The van der Waals surface area contributed by atoms with Crippen LogP contribution in [-0.4, -0.2) is 29.0 Å². The van der Waals surface area contributed by atoms with E-state index in [1.54, 1.807) is 6.20 Å². The van der Waals surface area contributed by atoms with Gasteiger partial charge in [0.15, 0.2) is 5.75 Å². The molecule has 0 fully saturated rings. The van der Waals surface area contributed by atoms with Crippen molar-refractivity contribution in [1.29, 1.82) is 0 Å². The van der Waals surface area contributed by atoms with E-state index in [1.165, 1.54) is 0 Å². The van der Waals surface area contributed by atoms with Gasteiger partial charge in [0.1, 0.15) is 6.10 Å². The Hall–Kier alpha value is -1.29. The van der Waals surface area contributed by atoms with Crippen molar-refractivity contribution in [2.45, 2.75) is 26.5 Å². The summed E-state index contributed by atoms with van der Waals surface area (Å²) in [5, 5.41) is 7.34. The molecule has 0 amide bonds. The molecule has 4 heteroatoms. The second kappa shape index (κ2) is 6.24. The van der Waals surface area contributed by atoms with Crippen molar-refractivity contribution in [2.24, 2.45) is 0 Å². The van der Waals surface area contributed by atoms with Gasteiger partial charge in [0.25, 0.3) is 0 Å². The fourth-order valence-electron chi connectivity index (χ4n) is 1.24. The van der Waals surface area contributed by atoms with Gasteiger partial charge >= 0.3 is 0 Å². The van der Waals surface area contributed by atoms with Crippen LogP contribution in [0.15, 0.2) is 25.0 Å². The van der Waals surface area contributed by atoms with E-state index in [0.717, 1.165) is 25.4 Å². The van der Waals surface area contributed by atoms with Gasteiger partial charge in [-0.15, -0.1) is 6.58 Å². The van der Waals surface area contributed by atoms with Crippen molar-refractivity contribution in [2.75, 3.05) is 13.1 Å². The first-order valence-corrected chi connectivity index (χ1v) is 5.27. The van der Waals surface area contributed by atoms with E-state index in [0.29, 0.717) is 0 Å². The van der Waals surface area contributed by atoms with Crippen LogP contribution in [0.5, 0.6) is 5.75 Å². The van der Waals surface area contributed by atoms with E-state index in [4.69, 9.17) is 4.74 Å². The summed E-state index contributed by atoms with van der Waals surface area (Å²) in [5.74, 6) is 0.824. The van der Waals surface area contributed by atoms with Gasteiger partial charge in [0.05, 0.1) is 12.4 Å². The lowest BCUT2D eigenvalue weighted by molar-refractivity contribution is 0.219. The maximum atomic E-state index is 5.66. The molecule has 1 rings (SSSR count). The zero-order valence-corrected chi connectivity index (χ0v) is 9.44. The molecule has 0 aliphatic carbocycles. The minimum absolute atomic E-state index is 0.138. The third-order valence-corrected chi connectivity index (χ3v) is 1.99. The van der Waals surface area contributed by atoms with Crippen LogP contribution in [-0.2, 0) is 6.54 Å². The maximum Gasteiger partial charge on any atom is 0.157 e. The van der Waals surface area contributed by atoms with Gasteiger partial charge in [-0.3, -0.25) is 4.68 Å². The normalized spacial score (nSPS) is 12.4. The van der Waals surface area contributed by atoms with E-state index in [2.05, 4.69) is 17.0 Å². The molecule has 1 aromatic heterocycles. The zero-order chi connectivity index (χ0) is 11.1. The molecule has 1 heterocycles. The van der Waals surface area contributed by atoms with Crippen LogP contribution in [0.3, 0.4) is 0 Å². The molecular weight excluding hydrogens is 190 g/mol. The van der Waals surface area contributed by atoms with Crippen molar-refractivity contribution in [3.63, 3.8) is 0 Å². The molecule has 0 saturated heterocycles. The maximum absolute atomic E-state index is 5.66. The summed E-state index contributed by atoms with van der Waals surface area (Å²) >= 11 is 0. The summed E-state index contributed by atoms with van der Waals surface area (Å²) in [7, 11) is 0. The van der Waals surface area contributed by atoms with Crippen LogP contribution >= 0.6 is 0 Å². The number of aryl methyl sites for hydroxylation is 1. The number of hydrogen-bond acceptors (Lipinski definition) is 3. The molecule has 0 spiro atoms. The molecule has 0 bridgehead atoms. The number of rotatable bonds is 7. The average Bonchev–Trinajstić information content (AvgIpc) is 2.66. The third kappa shape index (κ3) is 4.16. The first-order valence-electron chi connectivity index (χ1n) is 5.27. The highest BCUT2D eigenvalue weighted by atomic mass is 16.5. The predicted molar refractivity (Wildman–Crippen MR) is 61.1 cm³/mol. The number of aromatic nitrogens is 2. The Morgan fingerprint density at radius 1 is 1.73 bits per heavy atom. The van der Waals surface area contributed by atoms with Gasteiger partial charge < -0.3 is 10.1 Å². The highest BCUT2D eigenvalue weighted by Gasteiger charge is 2.04. The Labute approximate surface area is 90.9 Å². The number of nitrogens with one attached hydrogen (secondary N) is 1. The van der Waals surface area contributed by atoms with Crippen molar-refractivity contribution in [1.82, 2.24) is 15.1 Å². The lowest BCUT2D eigenvalue weighted by atomic mass is 10.4. The van der Waals surface area contributed by atoms with Crippen LogP contribution < -0.4 is 10.1 Å². The van der Waals surface area contributed by atoms with Gasteiger partial charge in [-0.25, -0.2) is 0 Å². The molecule has 0 aliphatic heterocycles. The fraction of sp³-hybridized carbons (Fsp3) is 0.545. The number of ether oxygens (including phenoxy) is 1. The van der Waals surface area contributed by atoms with E-state index in [-0.39, 0.29) is 6.10 Å². The minimum atomic E-state index is 0.138. The summed E-state index contributed by atoms with van der Waals surface area (Å²) in [6.07, 6.45) is 5.62. The summed E-state index contributed by atoms with van der Waals surface area (Å²) < 4.78 is 7.51. The molecule has 84 valence electrons. The first-order chi connectivity index (χ1) is 7.26. The molecule has 1 N–H and O–H groups in total. The van der Waals surface area contributed by atoms with Crippen molar-refractivity contribution < 1.29 is 4.74 Å². The zero-order valence-electron chi connectivity index (χ0n) is 9.44. The Bertz CT molecular complexity index is 296. The van der Waals surface area contributed by atoms with Crippen LogP contribution in [0.25, 0.3) is 0 Å². The molecule has 1 aromatic rings. The molecule has 0 saturated carbocycles. The lowest BCUT2D eigenvalue weighted by Crippen LogP contribution is -2.28. The minimum Gasteiger partial charge on any atom is -0.486 e. The van der Waals surface area contributed by atoms with Gasteiger partial charge in [0, 0.05) is 19.6 Å². The Balaban J connectivity index is 2.30. The van der Waals surface area contributed by atoms with Gasteiger partial charge in [-0.2, -0.15) is 5.10 Å². The molecule has 0 aromatic carbocycles. The molecule has 1 atom stereocenters. The standard InChI is InChI=1S/C11H19N3O/c1-4-6-12-7-10(3)15-11-8-13-14(5-2)9-11/h4,8-10,12H,1,5-7H2,2-3H3. The van der Waals surface area contributed by atoms with Crippen molar-refractivity contribution in [3.05, 3.63) is 25.0 Å². The summed E-state index contributed by atoms with van der Waals surface area (Å²) in [6.45, 7) is 10.2. The second-order valence-corrected chi connectivity index (χ2v) is 3.41. The van der Waals surface area contributed by atoms with Crippen LogP contribution in [0.2, 0.25) is 0 Å². The van der Waals surface area contributed by atoms with Crippen LogP contribution in [0, 0.1) is 0 Å². The van der Waals surface area contributed by atoms with E-state index in [1.807, 2.05) is 30.8 Å². The molecule has 0 aliphatic rings. The molecule has 1 unspecified atom stereocenters. The first kappa shape index (κ1) is 11.8. The third-order valence-electron chi connectivity index (χ3n) is 1.99. The summed E-state index contributed by atoms with van der Waals surface area (Å²) in [6, 6.07) is 0. The van der Waals surface area contributed by atoms with Crippen molar-refractivity contribution >= 4 is 0 Å². The summed E-state index contributed by atoms with van der Waals surface area (Å²) in [5.41, 5.74) is 0. The smallest absolute Gasteiger partial charge is 0.157 e. The lowest BCUT2D eigenvalue weighted by Gasteiger charge is -2.12. The largest absolute Gasteiger partial charge is 0.486 e. The number of nitrogens with zero attached hydrogens (tertiary/aromatic N) is 2. The van der Waals surface area contributed by atoms with Gasteiger partial charge in [0.2, 0.25) is 0 Å². The SMILES string of the molecule is C=CCNCC(C)Oc1cnn(CC)c1. The highest BCUT2D eigenvalue weighted by molar-refractivity contribution is 5.12. The Morgan fingerprint density at radius 2 is 2.53 bits per heavy atom. The monoisotopic (exact) mass is 209 g/mol. The highest BCUT2D eigenvalue weighted by Crippen LogP contribution is 2.09. The molecule has 15 heavy (non-hydrogen) atoms. The van der Waals surface area contributed by atoms with Gasteiger partial charge in [-0.1, -0.05) is 6.08 Å². The molecule has 0 radical (unpaired) electrons. The average molecular weight is 209 g/mol. The van der Waals surface area contributed by atoms with Crippen LogP contribution in [0.1, 0.15) is 13.8 Å². The molecule has 4 nitrogen and oxygen atoms in total. The predicted octanol–water partition coefficient (Wildman–Crippen LogP) is 1.45. The van der Waals surface area contributed by atoms with E-state index >= 15 is 0 Å². The van der Waals surface area contributed by atoms with Crippen LogP contribution in [0.4, 0.5) is 0 Å². The fourth-order valence-corrected chi connectivity index (χ4v) is 1.24. The Kier molecular flexibility index (Phi) is 4.90. The van der Waals surface area contributed by atoms with Gasteiger partial charge in [-0.05, 0) is 13.8 Å². The summed E-state index contributed by atoms with van der Waals surface area (Å²) in [4.78, 5) is 0. The van der Waals surface area contributed by atoms with E-state index in [9.17, 15) is 0 Å².